The molecule has 0 saturated carbocycles. The van der Waals surface area contributed by atoms with E-state index < -0.39 is 68.7 Å². The van der Waals surface area contributed by atoms with E-state index in [2.05, 4.69) is 19.9 Å². The lowest BCUT2D eigenvalue weighted by atomic mass is 9.84. The van der Waals surface area contributed by atoms with Crippen LogP contribution in [0.25, 0.3) is 22.0 Å². The minimum absolute atomic E-state index is 0.0640. The van der Waals surface area contributed by atoms with Crippen LogP contribution in [0.1, 0.15) is 66.8 Å². The molecule has 5 aromatic rings. The Morgan fingerprint density at radius 1 is 1.15 bits per heavy atom. The Morgan fingerprint density at radius 2 is 1.95 bits per heavy atom. The molecule has 4 N–H and O–H groups in total. The lowest BCUT2D eigenvalue weighted by molar-refractivity contribution is -0.138. The molecule has 12 nitrogen and oxygen atoms in total. The van der Waals surface area contributed by atoms with Crippen LogP contribution in [0, 0.1) is 23.0 Å². The summed E-state index contributed by atoms with van der Waals surface area (Å²) < 4.78 is 108. The van der Waals surface area contributed by atoms with Crippen LogP contribution in [0.5, 0.6) is 11.8 Å². The van der Waals surface area contributed by atoms with Crippen LogP contribution in [0.3, 0.4) is 0 Å². The Hall–Kier alpha value is -5.45. The van der Waals surface area contributed by atoms with Gasteiger partial charge in [0, 0.05) is 42.7 Å². The smallest absolute Gasteiger partial charge is 0.420 e. The molecule has 4 aliphatic rings. The van der Waals surface area contributed by atoms with Gasteiger partial charge in [0.2, 0.25) is 0 Å². The number of aryl methyl sites for hydroxylation is 1. The number of hydrogen-bond acceptors (Lipinski definition) is 13. The van der Waals surface area contributed by atoms with E-state index in [0.717, 1.165) is 35.9 Å². The van der Waals surface area contributed by atoms with Gasteiger partial charge in [-0.25, -0.2) is 28.1 Å². The molecule has 0 spiro atoms. The molecule has 2 unspecified atom stereocenters. The summed E-state index contributed by atoms with van der Waals surface area (Å²) in [4.78, 5) is 23.8. The highest BCUT2D eigenvalue weighted by atomic mass is 32.2. The molecular formula is C41H38F6N10O2S. The highest BCUT2D eigenvalue weighted by Gasteiger charge is 2.51. The van der Waals surface area contributed by atoms with Crippen LogP contribution in [0.4, 0.5) is 38.0 Å². The largest absolute Gasteiger partial charge is 0.490 e. The Labute approximate surface area is 344 Å². The molecular weight excluding hydrogens is 811 g/mol. The minimum Gasteiger partial charge on any atom is -0.490 e. The number of benzene rings is 2. The number of rotatable bonds is 9. The fourth-order valence-electron chi connectivity index (χ4n) is 9.40. The quantitative estimate of drug-likeness (QED) is 0.142. The zero-order valence-corrected chi connectivity index (χ0v) is 33.0. The number of halogens is 6. The molecule has 3 aromatic heterocycles. The summed E-state index contributed by atoms with van der Waals surface area (Å²) in [6.07, 6.45) is 2.16. The second kappa shape index (κ2) is 14.9. The third-order valence-corrected chi connectivity index (χ3v) is 13.3. The molecule has 2 aromatic carbocycles. The Kier molecular flexibility index (Phi) is 9.94. The number of thioether (sulfide) groups is 1. The maximum Gasteiger partial charge on any atom is 0.420 e. The second-order valence-corrected chi connectivity index (χ2v) is 17.3. The number of pyridine rings is 1. The maximum absolute atomic E-state index is 17.8. The molecule has 7 heterocycles. The van der Waals surface area contributed by atoms with Crippen molar-refractivity contribution >= 4 is 34.3 Å². The van der Waals surface area contributed by atoms with E-state index in [9.17, 15) is 9.65 Å². The normalized spacial score (nSPS) is 24.1. The lowest BCUT2D eigenvalue weighted by Gasteiger charge is -2.33. The molecule has 0 radical (unpaired) electrons. The van der Waals surface area contributed by atoms with Crippen molar-refractivity contribution in [3.05, 3.63) is 83.1 Å². The van der Waals surface area contributed by atoms with Gasteiger partial charge in [-0.05, 0) is 68.0 Å². The first-order valence-corrected chi connectivity index (χ1v) is 20.2. The van der Waals surface area contributed by atoms with E-state index in [4.69, 9.17) is 25.9 Å². The van der Waals surface area contributed by atoms with Crippen molar-refractivity contribution in [3.8, 4) is 29.0 Å². The highest BCUT2D eigenvalue weighted by Crippen LogP contribution is 2.58. The number of fused-ring (bicyclic) bond motifs is 2. The number of aromatic nitrogens is 5. The van der Waals surface area contributed by atoms with Crippen molar-refractivity contribution in [2.24, 2.45) is 5.73 Å². The van der Waals surface area contributed by atoms with Crippen LogP contribution in [-0.4, -0.2) is 79.2 Å². The van der Waals surface area contributed by atoms with Gasteiger partial charge in [-0.3, -0.25) is 4.90 Å². The first-order chi connectivity index (χ1) is 28.7. The number of anilines is 2. The van der Waals surface area contributed by atoms with Crippen molar-refractivity contribution in [3.63, 3.8) is 0 Å². The molecule has 19 heteroatoms. The van der Waals surface area contributed by atoms with E-state index >= 15 is 22.0 Å². The van der Waals surface area contributed by atoms with Crippen LogP contribution in [0.2, 0.25) is 0 Å². The van der Waals surface area contributed by atoms with Gasteiger partial charge in [0.25, 0.3) is 0 Å². The van der Waals surface area contributed by atoms with Crippen LogP contribution < -0.4 is 25.8 Å². The van der Waals surface area contributed by atoms with Gasteiger partial charge in [-0.2, -0.15) is 28.4 Å². The van der Waals surface area contributed by atoms with E-state index in [-0.39, 0.29) is 71.8 Å². The highest BCUT2D eigenvalue weighted by molar-refractivity contribution is 8.01. The van der Waals surface area contributed by atoms with Gasteiger partial charge in [0.15, 0.2) is 5.82 Å². The molecule has 9 rings (SSSR count). The maximum atomic E-state index is 17.8. The van der Waals surface area contributed by atoms with Crippen molar-refractivity contribution in [2.45, 2.75) is 78.6 Å². The van der Waals surface area contributed by atoms with Crippen LogP contribution in [-0.2, 0) is 12.6 Å². The van der Waals surface area contributed by atoms with Gasteiger partial charge in [0.1, 0.15) is 65.9 Å². The number of ether oxygens (including phenoxy) is 2. The zero-order valence-electron chi connectivity index (χ0n) is 32.1. The molecule has 5 atom stereocenters. The average molecular weight is 849 g/mol. The third-order valence-electron chi connectivity index (χ3n) is 12.0. The first kappa shape index (κ1) is 40.0. The van der Waals surface area contributed by atoms with Crippen molar-refractivity contribution in [1.29, 1.82) is 5.26 Å². The van der Waals surface area contributed by atoms with Gasteiger partial charge in [-0.15, -0.1) is 0 Å². The van der Waals surface area contributed by atoms with Crippen molar-refractivity contribution in [1.82, 2.24) is 29.8 Å². The monoisotopic (exact) mass is 848 g/mol. The van der Waals surface area contributed by atoms with Gasteiger partial charge >= 0.3 is 12.2 Å². The Bertz CT molecular complexity index is 2540. The SMILES string of the molecule is CC1(N)Sc2c(F)ccc(-c3c(C(F)(F)F)c4c5c(nc(OC[C@@]67CCCN6C[C@H](F)C7)nc5c3F)N([C@H](CCc3cncnc3)c3cccnc3N)CCO4)c2C1C#N. The Morgan fingerprint density at radius 3 is 2.70 bits per heavy atom. The van der Waals surface area contributed by atoms with Gasteiger partial charge in [0.05, 0.1) is 39.3 Å². The molecule has 0 amide bonds. The topological polar surface area (TPSA) is 165 Å². The summed E-state index contributed by atoms with van der Waals surface area (Å²) in [7, 11) is 0. The second-order valence-electron chi connectivity index (χ2n) is 15.8. The number of alkyl halides is 4. The first-order valence-electron chi connectivity index (χ1n) is 19.4. The summed E-state index contributed by atoms with van der Waals surface area (Å²) in [5.41, 5.74) is 9.87. The number of hydrogen-bond donors (Lipinski definition) is 2. The van der Waals surface area contributed by atoms with E-state index in [0.29, 0.717) is 31.4 Å². The average Bonchev–Trinajstić information content (AvgIpc) is 3.79. The number of nitrogen functional groups attached to an aromatic ring is 1. The zero-order chi connectivity index (χ0) is 42.1. The predicted octanol–water partition coefficient (Wildman–Crippen LogP) is 7.28. The number of nitriles is 1. The van der Waals surface area contributed by atoms with E-state index in [1.807, 2.05) is 11.0 Å². The summed E-state index contributed by atoms with van der Waals surface area (Å²) in [6, 6.07) is 6.29. The van der Waals surface area contributed by atoms with Gasteiger partial charge in [-0.1, -0.05) is 23.9 Å². The summed E-state index contributed by atoms with van der Waals surface area (Å²) in [6.45, 7) is 1.88. The van der Waals surface area contributed by atoms with E-state index in [1.54, 1.807) is 29.4 Å². The van der Waals surface area contributed by atoms with Crippen molar-refractivity contribution in [2.75, 3.05) is 43.5 Å². The molecule has 2 fully saturated rings. The van der Waals surface area contributed by atoms with Crippen LogP contribution >= 0.6 is 11.8 Å². The van der Waals surface area contributed by atoms with Crippen molar-refractivity contribution < 1.29 is 35.8 Å². The molecule has 312 valence electrons. The molecule has 0 bridgehead atoms. The minimum atomic E-state index is -5.26. The van der Waals surface area contributed by atoms with Crippen LogP contribution in [0.15, 0.2) is 54.1 Å². The lowest BCUT2D eigenvalue weighted by Crippen LogP contribution is -2.43. The molecule has 0 aliphatic carbocycles. The fourth-order valence-corrected chi connectivity index (χ4v) is 10.6. The predicted molar refractivity (Wildman–Crippen MR) is 210 cm³/mol. The standard InChI is InChI=1S/C41H38F6N10O2S/c1-39(50)25(15-48)28-24(6-7-26(43)35(28)60-39)29-31(41(45,46)47)34-30-33(32(29)44)54-38(59-19-40-9-3-11-56(40)18-22(42)14-40)55-37(30)57(12-13-58-34)27(23-4-2-10-53-36(23)49)8-5-21-16-51-20-52-17-21/h2,4,6-7,10,16-17,20,22,25,27H,3,5,8-9,11-14,18-19,50H2,1H3,(H2,49,53)/t22-,25?,27-,39?,40+/m1/s1. The molecule has 4 aliphatic heterocycles. The number of nitrogens with zero attached hydrogens (tertiary/aromatic N) is 8. The summed E-state index contributed by atoms with van der Waals surface area (Å²) in [5.74, 6) is -4.30. The molecule has 60 heavy (non-hydrogen) atoms. The number of nitrogens with two attached hydrogens (primary N) is 2. The summed E-state index contributed by atoms with van der Waals surface area (Å²) in [5, 5.41) is 9.86. The van der Waals surface area contributed by atoms with Gasteiger partial charge < -0.3 is 25.8 Å². The van der Waals surface area contributed by atoms with E-state index in [1.165, 1.54) is 19.4 Å². The summed E-state index contributed by atoms with van der Waals surface area (Å²) >= 11 is 0.784. The molecule has 2 saturated heterocycles. The fraction of sp³-hybridized carbons (Fsp3) is 0.415. The Balaban J connectivity index is 1.30. The third kappa shape index (κ3) is 6.68.